The lowest BCUT2D eigenvalue weighted by molar-refractivity contribution is 0.202. The van der Waals surface area contributed by atoms with Crippen LogP contribution in [-0.2, 0) is 9.84 Å². The van der Waals surface area contributed by atoms with E-state index in [-0.39, 0.29) is 17.5 Å². The summed E-state index contributed by atoms with van der Waals surface area (Å²) in [6, 6.07) is 7.52. The van der Waals surface area contributed by atoms with Crippen molar-refractivity contribution in [3.05, 3.63) is 24.3 Å². The van der Waals surface area contributed by atoms with E-state index in [2.05, 4.69) is 4.90 Å². The maximum atomic E-state index is 11.5. The van der Waals surface area contributed by atoms with Crippen LogP contribution in [0.3, 0.4) is 0 Å². The number of benzene rings is 1. The van der Waals surface area contributed by atoms with Crippen molar-refractivity contribution in [2.45, 2.75) is 19.4 Å². The molecule has 5 nitrogen and oxygen atoms in total. The van der Waals surface area contributed by atoms with Gasteiger partial charge in [-0.25, -0.2) is 8.42 Å². The van der Waals surface area contributed by atoms with Gasteiger partial charge in [0.25, 0.3) is 0 Å². The highest BCUT2D eigenvalue weighted by molar-refractivity contribution is 7.91. The molecule has 0 radical (unpaired) electrons. The van der Waals surface area contributed by atoms with Crippen LogP contribution in [0.25, 0.3) is 0 Å². The molecule has 1 aliphatic rings. The van der Waals surface area contributed by atoms with E-state index in [0.717, 1.165) is 13.0 Å². The number of hydrogen-bond donors (Lipinski definition) is 1. The molecule has 0 aliphatic carbocycles. The highest BCUT2D eigenvalue weighted by atomic mass is 32.2. The van der Waals surface area contributed by atoms with Crippen molar-refractivity contribution in [1.82, 2.24) is 4.90 Å². The summed E-state index contributed by atoms with van der Waals surface area (Å²) in [5.41, 5.74) is 6.44. The minimum Gasteiger partial charge on any atom is -0.491 e. The Balaban J connectivity index is 1.73. The fraction of sp³-hybridized carbons (Fsp3) is 0.571. The monoisotopic (exact) mass is 298 g/mol. The molecule has 1 heterocycles. The van der Waals surface area contributed by atoms with Crippen molar-refractivity contribution in [3.63, 3.8) is 0 Å². The van der Waals surface area contributed by atoms with Gasteiger partial charge in [-0.1, -0.05) is 12.1 Å². The number of ether oxygens (including phenoxy) is 1. The fourth-order valence-electron chi connectivity index (χ4n) is 2.43. The number of nitrogens with two attached hydrogens (primary N) is 1. The van der Waals surface area contributed by atoms with Gasteiger partial charge in [0, 0.05) is 19.1 Å². The van der Waals surface area contributed by atoms with Crippen molar-refractivity contribution in [2.75, 3.05) is 36.9 Å². The van der Waals surface area contributed by atoms with Crippen molar-refractivity contribution >= 4 is 15.5 Å². The number of rotatable bonds is 5. The number of nitrogens with zero attached hydrogens (tertiary/aromatic N) is 1. The van der Waals surface area contributed by atoms with Gasteiger partial charge in [0.1, 0.15) is 5.75 Å². The maximum Gasteiger partial charge on any atom is 0.153 e. The van der Waals surface area contributed by atoms with E-state index in [1.165, 1.54) is 0 Å². The molecule has 1 atom stereocenters. The molecular formula is C14H22N2O3S. The van der Waals surface area contributed by atoms with Gasteiger partial charge in [-0.05, 0) is 25.5 Å². The van der Waals surface area contributed by atoms with E-state index in [1.807, 2.05) is 31.2 Å². The van der Waals surface area contributed by atoms with Crippen LogP contribution in [0.2, 0.25) is 0 Å². The van der Waals surface area contributed by atoms with Gasteiger partial charge in [-0.2, -0.15) is 0 Å². The Morgan fingerprint density at radius 3 is 2.85 bits per heavy atom. The summed E-state index contributed by atoms with van der Waals surface area (Å²) in [6.45, 7) is 4.03. The van der Waals surface area contributed by atoms with E-state index >= 15 is 0 Å². The van der Waals surface area contributed by atoms with Crippen molar-refractivity contribution in [3.8, 4) is 5.75 Å². The lowest BCUT2D eigenvalue weighted by Crippen LogP contribution is -2.47. The van der Waals surface area contributed by atoms with Gasteiger partial charge in [0.15, 0.2) is 9.84 Å². The standard InChI is InChI=1S/C14H22N2O3S/c1-12-11-20(17,18)10-8-16(12)7-4-9-19-14-6-3-2-5-13(14)15/h2-3,5-6,12H,4,7-11,15H2,1H3. The zero-order valence-corrected chi connectivity index (χ0v) is 12.6. The first kappa shape index (κ1) is 15.1. The van der Waals surface area contributed by atoms with E-state index < -0.39 is 9.84 Å². The molecule has 112 valence electrons. The molecule has 1 aromatic rings. The molecule has 1 fully saturated rings. The molecule has 0 spiro atoms. The lowest BCUT2D eigenvalue weighted by Gasteiger charge is -2.32. The van der Waals surface area contributed by atoms with Gasteiger partial charge in [0.2, 0.25) is 0 Å². The quantitative estimate of drug-likeness (QED) is 0.652. The molecule has 2 N–H and O–H groups in total. The smallest absolute Gasteiger partial charge is 0.153 e. The Labute approximate surface area is 120 Å². The molecule has 20 heavy (non-hydrogen) atoms. The third-order valence-corrected chi connectivity index (χ3v) is 5.37. The minimum absolute atomic E-state index is 0.0931. The summed E-state index contributed by atoms with van der Waals surface area (Å²) in [5.74, 6) is 1.24. The number of hydrogen-bond acceptors (Lipinski definition) is 5. The van der Waals surface area contributed by atoms with Gasteiger partial charge < -0.3 is 10.5 Å². The SMILES string of the molecule is CC1CS(=O)(=O)CCN1CCCOc1ccccc1N. The third-order valence-electron chi connectivity index (χ3n) is 3.57. The van der Waals surface area contributed by atoms with Crippen LogP contribution < -0.4 is 10.5 Å². The molecule has 1 aromatic carbocycles. The molecule has 0 bridgehead atoms. The molecular weight excluding hydrogens is 276 g/mol. The Morgan fingerprint density at radius 1 is 1.40 bits per heavy atom. The number of anilines is 1. The highest BCUT2D eigenvalue weighted by Gasteiger charge is 2.27. The summed E-state index contributed by atoms with van der Waals surface area (Å²) in [5, 5.41) is 0. The van der Waals surface area contributed by atoms with Crippen LogP contribution in [0.4, 0.5) is 5.69 Å². The fourth-order valence-corrected chi connectivity index (χ4v) is 4.05. The lowest BCUT2D eigenvalue weighted by atomic mass is 10.3. The Bertz CT molecular complexity index is 545. The van der Waals surface area contributed by atoms with Crippen LogP contribution in [-0.4, -0.2) is 50.6 Å². The zero-order valence-electron chi connectivity index (χ0n) is 11.8. The van der Waals surface area contributed by atoms with Crippen LogP contribution in [0.15, 0.2) is 24.3 Å². The summed E-state index contributed by atoms with van der Waals surface area (Å²) < 4.78 is 28.6. The average Bonchev–Trinajstić information content (AvgIpc) is 2.38. The minimum atomic E-state index is -2.83. The van der Waals surface area contributed by atoms with Crippen molar-refractivity contribution < 1.29 is 13.2 Å². The van der Waals surface area contributed by atoms with E-state index in [1.54, 1.807) is 0 Å². The Hall–Kier alpha value is -1.27. The average molecular weight is 298 g/mol. The van der Waals surface area contributed by atoms with Gasteiger partial charge in [-0.15, -0.1) is 0 Å². The highest BCUT2D eigenvalue weighted by Crippen LogP contribution is 2.20. The van der Waals surface area contributed by atoms with Crippen LogP contribution >= 0.6 is 0 Å². The van der Waals surface area contributed by atoms with Gasteiger partial charge in [0.05, 0.1) is 23.8 Å². The van der Waals surface area contributed by atoms with Crippen LogP contribution in [0, 0.1) is 0 Å². The predicted molar refractivity (Wildman–Crippen MR) is 80.7 cm³/mol. The first-order valence-electron chi connectivity index (χ1n) is 6.90. The number of sulfone groups is 1. The third kappa shape index (κ3) is 4.11. The molecule has 6 heteroatoms. The summed E-state index contributed by atoms with van der Waals surface area (Å²) >= 11 is 0. The first-order valence-corrected chi connectivity index (χ1v) is 8.72. The van der Waals surface area contributed by atoms with E-state index in [4.69, 9.17) is 10.5 Å². The number of nitrogen functional groups attached to an aromatic ring is 1. The molecule has 1 saturated heterocycles. The summed E-state index contributed by atoms with van der Waals surface area (Å²) in [6.07, 6.45) is 0.860. The van der Waals surface area contributed by atoms with Crippen LogP contribution in [0.5, 0.6) is 5.75 Å². The molecule has 1 unspecified atom stereocenters. The Kier molecular flexibility index (Phi) is 4.88. The molecule has 0 aromatic heterocycles. The largest absolute Gasteiger partial charge is 0.491 e. The molecule has 0 amide bonds. The van der Waals surface area contributed by atoms with E-state index in [0.29, 0.717) is 24.6 Å². The second kappa shape index (κ2) is 6.45. The van der Waals surface area contributed by atoms with Gasteiger partial charge >= 0.3 is 0 Å². The molecule has 1 aliphatic heterocycles. The predicted octanol–water partition coefficient (Wildman–Crippen LogP) is 1.16. The van der Waals surface area contributed by atoms with Crippen LogP contribution in [0.1, 0.15) is 13.3 Å². The topological polar surface area (TPSA) is 72.6 Å². The number of para-hydroxylation sites is 2. The van der Waals surface area contributed by atoms with Crippen molar-refractivity contribution in [1.29, 1.82) is 0 Å². The summed E-state index contributed by atoms with van der Waals surface area (Å²) in [7, 11) is -2.83. The summed E-state index contributed by atoms with van der Waals surface area (Å²) in [4.78, 5) is 2.21. The maximum absolute atomic E-state index is 11.5. The normalized spacial score (nSPS) is 22.6. The second-order valence-electron chi connectivity index (χ2n) is 5.24. The zero-order chi connectivity index (χ0) is 14.6. The first-order chi connectivity index (χ1) is 9.48. The molecule has 0 saturated carbocycles. The van der Waals surface area contributed by atoms with E-state index in [9.17, 15) is 8.42 Å². The van der Waals surface area contributed by atoms with Crippen molar-refractivity contribution in [2.24, 2.45) is 0 Å². The molecule has 2 rings (SSSR count). The van der Waals surface area contributed by atoms with Gasteiger partial charge in [-0.3, -0.25) is 4.90 Å². The second-order valence-corrected chi connectivity index (χ2v) is 7.47. The Morgan fingerprint density at radius 2 is 2.15 bits per heavy atom.